The summed E-state index contributed by atoms with van der Waals surface area (Å²) < 4.78 is 7.67. The fourth-order valence-electron chi connectivity index (χ4n) is 4.66. The summed E-state index contributed by atoms with van der Waals surface area (Å²) in [5, 5.41) is 36.9. The summed E-state index contributed by atoms with van der Waals surface area (Å²) in [4.78, 5) is 24.3. The summed E-state index contributed by atoms with van der Waals surface area (Å²) >= 11 is 1.54. The third-order valence-electron chi connectivity index (χ3n) is 6.63. The van der Waals surface area contributed by atoms with E-state index in [1.165, 1.54) is 11.9 Å². The molecule has 0 aliphatic carbocycles. The van der Waals surface area contributed by atoms with E-state index in [9.17, 15) is 15.0 Å². The monoisotopic (exact) mass is 514 g/mol. The number of aromatic nitrogens is 4. The predicted molar refractivity (Wildman–Crippen MR) is 135 cm³/mol. The van der Waals surface area contributed by atoms with Gasteiger partial charge in [0.2, 0.25) is 0 Å². The number of ether oxygens (including phenoxy) is 1. The van der Waals surface area contributed by atoms with Crippen LogP contribution in [0.1, 0.15) is 24.6 Å². The second-order valence-corrected chi connectivity index (χ2v) is 10.4. The van der Waals surface area contributed by atoms with Gasteiger partial charge in [0.15, 0.2) is 23.2 Å². The van der Waals surface area contributed by atoms with Gasteiger partial charge in [0.05, 0.1) is 12.4 Å². The largest absolute Gasteiger partial charge is 0.480 e. The van der Waals surface area contributed by atoms with Crippen LogP contribution in [0.25, 0.3) is 11.2 Å². The van der Waals surface area contributed by atoms with Crippen molar-refractivity contribution in [1.82, 2.24) is 24.8 Å². The number of thioether (sulfide) groups is 1. The topological polar surface area (TPSA) is 155 Å². The molecule has 2 aromatic heterocycles. The third-order valence-corrected chi connectivity index (χ3v) is 7.98. The summed E-state index contributed by atoms with van der Waals surface area (Å²) in [6.45, 7) is 1.30. The third kappa shape index (κ3) is 5.32. The Labute approximate surface area is 212 Å². The smallest absolute Gasteiger partial charge is 0.320 e. The van der Waals surface area contributed by atoms with E-state index in [0.29, 0.717) is 42.2 Å². The molecule has 0 saturated carbocycles. The van der Waals surface area contributed by atoms with Crippen molar-refractivity contribution in [3.63, 3.8) is 0 Å². The van der Waals surface area contributed by atoms with Crippen LogP contribution in [-0.2, 0) is 16.0 Å². The van der Waals surface area contributed by atoms with Crippen molar-refractivity contribution in [1.29, 1.82) is 0 Å². The first-order valence-electron chi connectivity index (χ1n) is 12.1. The molecular weight excluding hydrogens is 484 g/mol. The lowest BCUT2D eigenvalue weighted by molar-refractivity contribution is -0.139. The molecule has 0 unspecified atom stereocenters. The number of carboxylic acids is 1. The van der Waals surface area contributed by atoms with Gasteiger partial charge in [-0.1, -0.05) is 30.3 Å². The van der Waals surface area contributed by atoms with Gasteiger partial charge in [-0.25, -0.2) is 15.0 Å². The van der Waals surface area contributed by atoms with Crippen LogP contribution in [-0.4, -0.2) is 89.3 Å². The first-order chi connectivity index (χ1) is 17.5. The summed E-state index contributed by atoms with van der Waals surface area (Å²) in [6, 6.07) is 9.73. The zero-order valence-electron chi connectivity index (χ0n) is 19.6. The van der Waals surface area contributed by atoms with Crippen molar-refractivity contribution >= 4 is 34.7 Å². The number of imidazole rings is 1. The van der Waals surface area contributed by atoms with Gasteiger partial charge in [-0.15, -0.1) is 0 Å². The summed E-state index contributed by atoms with van der Waals surface area (Å²) in [7, 11) is 0. The Bertz CT molecular complexity index is 1180. The standard InChI is InChI=1S/C24H30N6O5S/c31-19-17(11-36-15-9-16(24(33)34)26-10-15)35-23(20(19)32)30-13-29-18-21(27-12-28-22(18)30)25-8-4-7-14-5-2-1-3-6-14/h1-3,5-6,12-13,15-17,19-20,23,26,31-32H,4,7-11H2,(H,33,34)(H,25,27,28)/t15-,16-,17+,19-,20+,23+/m0/s1. The van der Waals surface area contributed by atoms with Crippen molar-refractivity contribution in [2.45, 2.75) is 55.1 Å². The number of benzene rings is 1. The van der Waals surface area contributed by atoms with Gasteiger partial charge in [0.25, 0.3) is 0 Å². The van der Waals surface area contributed by atoms with Crippen LogP contribution in [0.2, 0.25) is 0 Å². The van der Waals surface area contributed by atoms with Crippen LogP contribution in [0.5, 0.6) is 0 Å². The van der Waals surface area contributed by atoms with Crippen LogP contribution in [0.4, 0.5) is 5.82 Å². The Kier molecular flexibility index (Phi) is 7.67. The molecule has 192 valence electrons. The summed E-state index contributed by atoms with van der Waals surface area (Å²) in [6.07, 6.45) is 1.69. The van der Waals surface area contributed by atoms with Gasteiger partial charge < -0.3 is 30.7 Å². The zero-order valence-corrected chi connectivity index (χ0v) is 20.4. The minimum absolute atomic E-state index is 0.107. The molecule has 11 nitrogen and oxygen atoms in total. The number of carbonyl (C=O) groups is 1. The van der Waals surface area contributed by atoms with Crippen LogP contribution in [0, 0.1) is 0 Å². The predicted octanol–water partition coefficient (Wildman–Crippen LogP) is 1.04. The molecule has 2 saturated heterocycles. The summed E-state index contributed by atoms with van der Waals surface area (Å²) in [5.74, 6) is 0.182. The van der Waals surface area contributed by atoms with E-state index in [2.05, 4.69) is 37.7 Å². The van der Waals surface area contributed by atoms with Crippen molar-refractivity contribution < 1.29 is 24.9 Å². The molecule has 2 aliphatic rings. The number of anilines is 1. The maximum Gasteiger partial charge on any atom is 0.320 e. The highest BCUT2D eigenvalue weighted by Gasteiger charge is 2.44. The van der Waals surface area contributed by atoms with E-state index in [1.54, 1.807) is 22.7 Å². The van der Waals surface area contributed by atoms with Gasteiger partial charge in [0.1, 0.15) is 24.6 Å². The normalized spacial score (nSPS) is 28.1. The van der Waals surface area contributed by atoms with Gasteiger partial charge in [-0.05, 0) is 24.8 Å². The van der Waals surface area contributed by atoms with Gasteiger partial charge >= 0.3 is 5.97 Å². The summed E-state index contributed by atoms with van der Waals surface area (Å²) in [5.41, 5.74) is 2.35. The molecular formula is C24H30N6O5S. The zero-order chi connectivity index (χ0) is 25.1. The van der Waals surface area contributed by atoms with Gasteiger partial charge in [-0.3, -0.25) is 9.36 Å². The van der Waals surface area contributed by atoms with E-state index >= 15 is 0 Å². The highest BCUT2D eigenvalue weighted by Crippen LogP contribution is 2.35. The van der Waals surface area contributed by atoms with E-state index in [1.807, 2.05) is 18.2 Å². The second kappa shape index (κ2) is 11.1. The number of aliphatic hydroxyl groups is 2. The van der Waals surface area contributed by atoms with Crippen LogP contribution in [0.15, 0.2) is 43.0 Å². The average Bonchev–Trinajstić information content (AvgIpc) is 3.60. The number of aliphatic hydroxyl groups excluding tert-OH is 2. The Morgan fingerprint density at radius 3 is 2.81 bits per heavy atom. The number of carboxylic acid groups (broad SMARTS) is 1. The fourth-order valence-corrected chi connectivity index (χ4v) is 5.94. The number of fused-ring (bicyclic) bond motifs is 1. The van der Waals surface area contributed by atoms with E-state index in [-0.39, 0.29) is 5.25 Å². The average molecular weight is 515 g/mol. The molecule has 6 atom stereocenters. The van der Waals surface area contributed by atoms with Crippen molar-refractivity contribution in [3.05, 3.63) is 48.5 Å². The molecule has 0 spiro atoms. The van der Waals surface area contributed by atoms with Crippen molar-refractivity contribution in [3.8, 4) is 0 Å². The number of nitrogens with zero attached hydrogens (tertiary/aromatic N) is 4. The van der Waals surface area contributed by atoms with Gasteiger partial charge in [0, 0.05) is 24.1 Å². The minimum atomic E-state index is -1.15. The molecule has 0 bridgehead atoms. The van der Waals surface area contributed by atoms with Crippen LogP contribution in [0.3, 0.4) is 0 Å². The molecule has 3 aromatic rings. The van der Waals surface area contributed by atoms with Crippen molar-refractivity contribution in [2.75, 3.05) is 24.2 Å². The first-order valence-corrected chi connectivity index (χ1v) is 13.1. The first kappa shape index (κ1) is 24.9. The number of aryl methyl sites for hydroxylation is 1. The lowest BCUT2D eigenvalue weighted by atomic mass is 10.1. The maximum atomic E-state index is 11.1. The molecule has 0 radical (unpaired) electrons. The number of aliphatic carboxylic acids is 1. The number of hydrogen-bond acceptors (Lipinski definition) is 10. The molecule has 0 amide bonds. The SMILES string of the molecule is O=C(O)[C@@H]1C[C@H](SC[C@H]2O[C@@H](n3cnc4c(NCCCc5ccccc5)ncnc43)[C@H](O)[C@H]2O)CN1. The van der Waals surface area contributed by atoms with E-state index in [4.69, 9.17) is 9.84 Å². The highest BCUT2D eigenvalue weighted by molar-refractivity contribution is 8.00. The maximum absolute atomic E-state index is 11.1. The Morgan fingerprint density at radius 1 is 1.19 bits per heavy atom. The van der Waals surface area contributed by atoms with Gasteiger partial charge in [-0.2, -0.15) is 11.8 Å². The Morgan fingerprint density at radius 2 is 2.03 bits per heavy atom. The minimum Gasteiger partial charge on any atom is -0.480 e. The fraction of sp³-hybridized carbons (Fsp3) is 0.500. The number of nitrogens with one attached hydrogen (secondary N) is 2. The quantitative estimate of drug-likeness (QED) is 0.247. The molecule has 12 heteroatoms. The van der Waals surface area contributed by atoms with Crippen molar-refractivity contribution in [2.24, 2.45) is 0 Å². The number of rotatable bonds is 10. The molecule has 5 rings (SSSR count). The molecule has 4 heterocycles. The highest BCUT2D eigenvalue weighted by atomic mass is 32.2. The Balaban J connectivity index is 1.20. The molecule has 36 heavy (non-hydrogen) atoms. The van der Waals surface area contributed by atoms with E-state index < -0.39 is 36.6 Å². The molecule has 2 fully saturated rings. The lowest BCUT2D eigenvalue weighted by Crippen LogP contribution is -2.33. The lowest BCUT2D eigenvalue weighted by Gasteiger charge is -2.17. The molecule has 1 aromatic carbocycles. The second-order valence-electron chi connectivity index (χ2n) is 9.10. The number of hydrogen-bond donors (Lipinski definition) is 5. The molecule has 5 N–H and O–H groups in total. The molecule has 2 aliphatic heterocycles. The van der Waals surface area contributed by atoms with Crippen LogP contribution >= 0.6 is 11.8 Å². The van der Waals surface area contributed by atoms with Crippen LogP contribution < -0.4 is 10.6 Å². The van der Waals surface area contributed by atoms with E-state index in [0.717, 1.165) is 12.8 Å². The Hall–Kier alpha value is -2.77.